The second-order valence-electron chi connectivity index (χ2n) is 2.81. The van der Waals surface area contributed by atoms with Gasteiger partial charge in [-0.25, -0.2) is 13.2 Å². The summed E-state index contributed by atoms with van der Waals surface area (Å²) in [5, 5.41) is 8.53. The van der Waals surface area contributed by atoms with Crippen molar-refractivity contribution in [2.75, 3.05) is 0 Å². The molecule has 17 heavy (non-hydrogen) atoms. The Balaban J connectivity index is 3.05. The molecule has 0 unspecified atom stereocenters. The van der Waals surface area contributed by atoms with Crippen molar-refractivity contribution in [2.24, 2.45) is 0 Å². The molecule has 0 radical (unpaired) electrons. The monoisotopic (exact) mass is 286 g/mol. The molecule has 1 aromatic carbocycles. The van der Waals surface area contributed by atoms with Crippen LogP contribution in [0.15, 0.2) is 29.2 Å². The Morgan fingerprint density at radius 3 is 2.00 bits per heavy atom. The molecule has 0 heterocycles. The van der Waals surface area contributed by atoms with Crippen molar-refractivity contribution in [1.82, 2.24) is 0 Å². The molecule has 1 aromatic rings. The van der Waals surface area contributed by atoms with E-state index < -0.39 is 36.0 Å². The highest BCUT2D eigenvalue weighted by atomic mass is 33.1. The van der Waals surface area contributed by atoms with E-state index in [0.717, 1.165) is 24.3 Å². The number of benzene rings is 1. The Bertz CT molecular complexity index is 519. The van der Waals surface area contributed by atoms with Crippen LogP contribution in [0.1, 0.15) is 10.4 Å². The second-order valence-corrected chi connectivity index (χ2v) is 6.64. The standard InChI is InChI=1S/C8H5F3O4S2/c9-8(10,11)16-17(14,15)6-3-1-5(2-4-6)7(12)13/h1-4H,(H,12,13). The molecule has 0 aliphatic rings. The van der Waals surface area contributed by atoms with Gasteiger partial charge >= 0.3 is 11.5 Å². The van der Waals surface area contributed by atoms with Crippen molar-refractivity contribution >= 4 is 25.6 Å². The molecule has 0 saturated carbocycles. The number of carboxylic acid groups (broad SMARTS) is 1. The average molecular weight is 286 g/mol. The predicted octanol–water partition coefficient (Wildman–Crippen LogP) is 2.33. The van der Waals surface area contributed by atoms with E-state index in [0.29, 0.717) is 0 Å². The Morgan fingerprint density at radius 1 is 1.18 bits per heavy atom. The first kappa shape index (κ1) is 13.8. The molecular formula is C8H5F3O4S2. The van der Waals surface area contributed by atoms with Crippen molar-refractivity contribution in [3.8, 4) is 0 Å². The highest BCUT2D eigenvalue weighted by Gasteiger charge is 2.37. The molecule has 1 rings (SSSR count). The van der Waals surface area contributed by atoms with E-state index in [1.807, 2.05) is 0 Å². The molecule has 0 fully saturated rings. The van der Waals surface area contributed by atoms with E-state index in [4.69, 9.17) is 5.11 Å². The molecule has 0 atom stereocenters. The molecule has 94 valence electrons. The molecule has 0 bridgehead atoms. The van der Waals surface area contributed by atoms with E-state index in [1.165, 1.54) is 0 Å². The zero-order valence-electron chi connectivity index (χ0n) is 7.93. The largest absolute Gasteiger partial charge is 0.478 e. The van der Waals surface area contributed by atoms with Crippen LogP contribution in [-0.4, -0.2) is 25.0 Å². The lowest BCUT2D eigenvalue weighted by molar-refractivity contribution is -0.0312. The third-order valence-corrected chi connectivity index (χ3v) is 4.65. The van der Waals surface area contributed by atoms with Gasteiger partial charge in [-0.15, -0.1) is 0 Å². The quantitative estimate of drug-likeness (QED) is 0.863. The summed E-state index contributed by atoms with van der Waals surface area (Å²) in [6.45, 7) is 0. The van der Waals surface area contributed by atoms with Gasteiger partial charge in [-0.2, -0.15) is 13.2 Å². The summed E-state index contributed by atoms with van der Waals surface area (Å²) in [6, 6.07) is 3.48. The van der Waals surface area contributed by atoms with Gasteiger partial charge in [0.1, 0.15) is 0 Å². The lowest BCUT2D eigenvalue weighted by Gasteiger charge is -2.06. The van der Waals surface area contributed by atoms with Crippen molar-refractivity contribution in [2.45, 2.75) is 10.4 Å². The molecule has 0 aliphatic carbocycles. The first-order valence-electron chi connectivity index (χ1n) is 3.97. The van der Waals surface area contributed by atoms with Gasteiger partial charge in [-0.1, -0.05) is 0 Å². The summed E-state index contributed by atoms with van der Waals surface area (Å²) in [5.74, 6) is -1.29. The normalized spacial score (nSPS) is 12.4. The SMILES string of the molecule is O=C(O)c1ccc(S(=O)(=O)SC(F)(F)F)cc1. The molecule has 9 heteroatoms. The zero-order valence-corrected chi connectivity index (χ0v) is 9.56. The van der Waals surface area contributed by atoms with Crippen LogP contribution in [0.2, 0.25) is 0 Å². The minimum atomic E-state index is -4.91. The van der Waals surface area contributed by atoms with E-state index in [2.05, 4.69) is 0 Å². The van der Waals surface area contributed by atoms with Gasteiger partial charge < -0.3 is 5.11 Å². The lowest BCUT2D eigenvalue weighted by atomic mass is 10.2. The minimum absolute atomic E-state index is 0.207. The van der Waals surface area contributed by atoms with Crippen LogP contribution < -0.4 is 0 Å². The van der Waals surface area contributed by atoms with E-state index >= 15 is 0 Å². The molecule has 0 aromatic heterocycles. The Labute approximate surface area is 97.8 Å². The van der Waals surface area contributed by atoms with Crippen LogP contribution >= 0.6 is 10.8 Å². The molecular weight excluding hydrogens is 281 g/mol. The van der Waals surface area contributed by atoms with Crippen molar-refractivity contribution < 1.29 is 31.5 Å². The third-order valence-electron chi connectivity index (χ3n) is 1.59. The second kappa shape index (κ2) is 4.57. The summed E-state index contributed by atoms with van der Waals surface area (Å²) >= 11 is 0. The zero-order chi connectivity index (χ0) is 13.3. The van der Waals surface area contributed by atoms with E-state index in [1.54, 1.807) is 0 Å². The van der Waals surface area contributed by atoms with Crippen LogP contribution in [0, 0.1) is 0 Å². The van der Waals surface area contributed by atoms with Gasteiger partial charge in [0.05, 0.1) is 21.3 Å². The molecule has 4 nitrogen and oxygen atoms in total. The number of hydrogen-bond acceptors (Lipinski definition) is 4. The van der Waals surface area contributed by atoms with E-state index in [9.17, 15) is 26.4 Å². The topological polar surface area (TPSA) is 71.4 Å². The summed E-state index contributed by atoms with van der Waals surface area (Å²) in [6.07, 6.45) is 0. The average Bonchev–Trinajstić information content (AvgIpc) is 2.14. The highest BCUT2D eigenvalue weighted by Crippen LogP contribution is 2.38. The summed E-state index contributed by atoms with van der Waals surface area (Å²) in [4.78, 5) is 9.86. The Morgan fingerprint density at radius 2 is 1.65 bits per heavy atom. The van der Waals surface area contributed by atoms with E-state index in [-0.39, 0.29) is 5.56 Å². The number of alkyl halides is 3. The maximum Gasteiger partial charge on any atom is 0.456 e. The van der Waals surface area contributed by atoms with Crippen molar-refractivity contribution in [3.63, 3.8) is 0 Å². The fraction of sp³-hybridized carbons (Fsp3) is 0.125. The van der Waals surface area contributed by atoms with Crippen LogP contribution in [0.4, 0.5) is 13.2 Å². The number of hydrogen-bond donors (Lipinski definition) is 1. The van der Waals surface area contributed by atoms with Gasteiger partial charge in [0, 0.05) is 0 Å². The van der Waals surface area contributed by atoms with Crippen LogP contribution in [0.5, 0.6) is 0 Å². The van der Waals surface area contributed by atoms with Gasteiger partial charge in [0.15, 0.2) is 0 Å². The molecule has 0 spiro atoms. The lowest BCUT2D eigenvalue weighted by Crippen LogP contribution is -2.07. The fourth-order valence-corrected chi connectivity index (χ4v) is 3.12. The first-order valence-corrected chi connectivity index (χ1v) is 6.79. The van der Waals surface area contributed by atoms with Gasteiger partial charge in [0.2, 0.25) is 8.87 Å². The van der Waals surface area contributed by atoms with Gasteiger partial charge in [-0.05, 0) is 24.3 Å². The number of carboxylic acids is 1. The number of carbonyl (C=O) groups is 1. The number of aromatic carboxylic acids is 1. The Hall–Kier alpha value is -1.22. The number of halogens is 3. The van der Waals surface area contributed by atoms with Crippen LogP contribution in [0.25, 0.3) is 0 Å². The maximum atomic E-state index is 11.9. The maximum absolute atomic E-state index is 11.9. The fourth-order valence-electron chi connectivity index (χ4n) is 0.937. The number of rotatable bonds is 3. The molecule has 0 saturated heterocycles. The minimum Gasteiger partial charge on any atom is -0.478 e. The molecule has 1 N–H and O–H groups in total. The first-order chi connectivity index (χ1) is 7.62. The van der Waals surface area contributed by atoms with Crippen LogP contribution in [-0.2, 0) is 8.87 Å². The third kappa shape index (κ3) is 3.93. The smallest absolute Gasteiger partial charge is 0.456 e. The van der Waals surface area contributed by atoms with Crippen LogP contribution in [0.3, 0.4) is 0 Å². The summed E-state index contributed by atoms with van der Waals surface area (Å²) in [7, 11) is -5.71. The van der Waals surface area contributed by atoms with Crippen molar-refractivity contribution in [3.05, 3.63) is 29.8 Å². The molecule has 0 aliphatic heterocycles. The summed E-state index contributed by atoms with van der Waals surface area (Å²) < 4.78 is 58.3. The Kier molecular flexibility index (Phi) is 3.72. The van der Waals surface area contributed by atoms with Gasteiger partial charge in [-0.3, -0.25) is 0 Å². The van der Waals surface area contributed by atoms with Crippen molar-refractivity contribution in [1.29, 1.82) is 0 Å². The predicted molar refractivity (Wildman–Crippen MR) is 54.2 cm³/mol. The highest BCUT2D eigenvalue weighted by molar-refractivity contribution is 8.72. The van der Waals surface area contributed by atoms with Gasteiger partial charge in [0.25, 0.3) is 0 Å². The molecule has 0 amide bonds. The summed E-state index contributed by atoms with van der Waals surface area (Å²) in [5.41, 5.74) is -5.12.